The molecule has 0 aliphatic heterocycles. The fraction of sp³-hybridized carbons (Fsp3) is 0.188. The molecule has 0 radical (unpaired) electrons. The summed E-state index contributed by atoms with van der Waals surface area (Å²) >= 11 is 5.17. The highest BCUT2D eigenvalue weighted by atomic mass is 32.1. The maximum atomic E-state index is 10.6. The number of nitro groups is 1. The van der Waals surface area contributed by atoms with Crippen LogP contribution in [0.25, 0.3) is 0 Å². The summed E-state index contributed by atoms with van der Waals surface area (Å²) in [5.74, 6) is 0.744. The van der Waals surface area contributed by atoms with E-state index >= 15 is 0 Å². The van der Waals surface area contributed by atoms with Crippen LogP contribution in [0.4, 0.5) is 11.4 Å². The summed E-state index contributed by atoms with van der Waals surface area (Å²) in [6.07, 6.45) is -0.832. The minimum Gasteiger partial charge on any atom is -0.497 e. The van der Waals surface area contributed by atoms with Crippen LogP contribution in [-0.4, -0.2) is 28.8 Å². The van der Waals surface area contributed by atoms with E-state index in [1.54, 1.807) is 19.2 Å². The Bertz CT molecular complexity index is 704. The van der Waals surface area contributed by atoms with E-state index in [-0.39, 0.29) is 12.2 Å². The number of rotatable bonds is 6. The molecule has 7 nitrogen and oxygen atoms in total. The fourth-order valence-electron chi connectivity index (χ4n) is 1.98. The van der Waals surface area contributed by atoms with E-state index in [0.717, 1.165) is 11.4 Å². The molecule has 8 heteroatoms. The van der Waals surface area contributed by atoms with E-state index < -0.39 is 11.0 Å². The van der Waals surface area contributed by atoms with Crippen LogP contribution < -0.4 is 15.4 Å². The first-order chi connectivity index (χ1) is 11.5. The summed E-state index contributed by atoms with van der Waals surface area (Å²) in [5, 5.41) is 27.0. The molecule has 0 unspecified atom stereocenters. The Morgan fingerprint density at radius 1 is 1.25 bits per heavy atom. The Morgan fingerprint density at radius 3 is 2.42 bits per heavy atom. The number of hydrogen-bond acceptors (Lipinski definition) is 5. The highest BCUT2D eigenvalue weighted by Crippen LogP contribution is 2.17. The minimum atomic E-state index is -0.832. The average Bonchev–Trinajstić information content (AvgIpc) is 2.60. The molecular weight excluding hydrogens is 330 g/mol. The predicted octanol–water partition coefficient (Wildman–Crippen LogP) is 2.62. The Kier molecular flexibility index (Phi) is 6.05. The average molecular weight is 347 g/mol. The van der Waals surface area contributed by atoms with Crippen molar-refractivity contribution in [3.8, 4) is 5.75 Å². The number of methoxy groups -OCH3 is 1. The normalized spacial score (nSPS) is 11.4. The number of benzene rings is 2. The van der Waals surface area contributed by atoms with Crippen molar-refractivity contribution in [3.63, 3.8) is 0 Å². The third kappa shape index (κ3) is 4.90. The Morgan fingerprint density at radius 2 is 1.88 bits per heavy atom. The smallest absolute Gasteiger partial charge is 0.269 e. The number of anilines is 1. The van der Waals surface area contributed by atoms with Gasteiger partial charge in [0.25, 0.3) is 5.69 Å². The second-order valence-corrected chi connectivity index (χ2v) is 5.34. The number of hydrogen-bond donors (Lipinski definition) is 3. The van der Waals surface area contributed by atoms with Gasteiger partial charge in [-0.1, -0.05) is 0 Å². The van der Waals surface area contributed by atoms with Gasteiger partial charge < -0.3 is 20.5 Å². The Hall–Kier alpha value is -2.71. The molecule has 0 aliphatic carbocycles. The van der Waals surface area contributed by atoms with Gasteiger partial charge in [-0.15, -0.1) is 0 Å². The summed E-state index contributed by atoms with van der Waals surface area (Å²) < 4.78 is 5.07. The van der Waals surface area contributed by atoms with E-state index in [1.165, 1.54) is 24.3 Å². The topological polar surface area (TPSA) is 96.7 Å². The van der Waals surface area contributed by atoms with Crippen LogP contribution in [0.5, 0.6) is 5.75 Å². The fourth-order valence-corrected chi connectivity index (χ4v) is 2.18. The first-order valence-corrected chi connectivity index (χ1v) is 7.51. The molecular formula is C16H17N3O4S. The quantitative estimate of drug-likeness (QED) is 0.420. The van der Waals surface area contributed by atoms with Crippen LogP contribution >= 0.6 is 12.2 Å². The van der Waals surface area contributed by atoms with Gasteiger partial charge >= 0.3 is 0 Å². The molecule has 0 fully saturated rings. The van der Waals surface area contributed by atoms with Crippen molar-refractivity contribution in [2.75, 3.05) is 19.0 Å². The minimum absolute atomic E-state index is 0.0180. The van der Waals surface area contributed by atoms with E-state index in [4.69, 9.17) is 17.0 Å². The van der Waals surface area contributed by atoms with Crippen LogP contribution in [0.1, 0.15) is 11.7 Å². The molecule has 0 spiro atoms. The van der Waals surface area contributed by atoms with Gasteiger partial charge in [-0.3, -0.25) is 10.1 Å². The molecule has 24 heavy (non-hydrogen) atoms. The Balaban J connectivity index is 1.84. The van der Waals surface area contributed by atoms with Gasteiger partial charge in [0.2, 0.25) is 0 Å². The molecule has 0 heterocycles. The van der Waals surface area contributed by atoms with E-state index in [2.05, 4.69) is 10.6 Å². The molecule has 2 aromatic carbocycles. The van der Waals surface area contributed by atoms with E-state index in [1.807, 2.05) is 12.1 Å². The molecule has 126 valence electrons. The lowest BCUT2D eigenvalue weighted by atomic mass is 10.1. The summed E-state index contributed by atoms with van der Waals surface area (Å²) in [6.45, 7) is 0.180. The van der Waals surface area contributed by atoms with Crippen molar-refractivity contribution in [2.45, 2.75) is 6.10 Å². The lowest BCUT2D eigenvalue weighted by molar-refractivity contribution is -0.384. The number of non-ortho nitro benzene ring substituents is 1. The summed E-state index contributed by atoms with van der Waals surface area (Å²) in [6, 6.07) is 13.0. The van der Waals surface area contributed by atoms with Crippen LogP contribution in [0.2, 0.25) is 0 Å². The number of aliphatic hydroxyl groups is 1. The van der Waals surface area contributed by atoms with Crippen molar-refractivity contribution in [1.29, 1.82) is 0 Å². The number of aliphatic hydroxyl groups excluding tert-OH is 1. The van der Waals surface area contributed by atoms with Gasteiger partial charge in [0.05, 0.1) is 18.1 Å². The van der Waals surface area contributed by atoms with Gasteiger partial charge in [-0.05, 0) is 54.2 Å². The molecule has 0 saturated carbocycles. The van der Waals surface area contributed by atoms with Crippen LogP contribution in [0.3, 0.4) is 0 Å². The monoisotopic (exact) mass is 347 g/mol. The van der Waals surface area contributed by atoms with Gasteiger partial charge in [0.15, 0.2) is 5.11 Å². The lowest BCUT2D eigenvalue weighted by Gasteiger charge is -2.15. The van der Waals surface area contributed by atoms with Gasteiger partial charge in [0.1, 0.15) is 5.75 Å². The number of nitrogens with zero attached hydrogens (tertiary/aromatic N) is 1. The molecule has 0 bridgehead atoms. The van der Waals surface area contributed by atoms with Crippen LogP contribution in [0.15, 0.2) is 48.5 Å². The zero-order valence-corrected chi connectivity index (χ0v) is 13.7. The van der Waals surface area contributed by atoms with E-state index in [0.29, 0.717) is 10.7 Å². The maximum Gasteiger partial charge on any atom is 0.269 e. The van der Waals surface area contributed by atoms with Crippen molar-refractivity contribution in [3.05, 3.63) is 64.2 Å². The summed E-state index contributed by atoms with van der Waals surface area (Å²) in [7, 11) is 1.59. The molecule has 0 saturated heterocycles. The van der Waals surface area contributed by atoms with Crippen LogP contribution in [-0.2, 0) is 0 Å². The standard InChI is InChI=1S/C16H17N3O4S/c1-23-14-8-4-12(5-9-14)18-16(24)17-10-15(20)11-2-6-13(7-3-11)19(21)22/h2-9,15,20H,10H2,1H3,(H2,17,18,24)/t15-/m1/s1. The highest BCUT2D eigenvalue weighted by Gasteiger charge is 2.11. The summed E-state index contributed by atoms with van der Waals surface area (Å²) in [5.41, 5.74) is 1.34. The SMILES string of the molecule is COc1ccc(NC(=S)NC[C@@H](O)c2ccc([N+](=O)[O-])cc2)cc1. The molecule has 0 amide bonds. The zero-order chi connectivity index (χ0) is 17.5. The summed E-state index contributed by atoms with van der Waals surface area (Å²) in [4.78, 5) is 10.1. The number of thiocarbonyl (C=S) groups is 1. The number of ether oxygens (including phenoxy) is 1. The molecule has 2 aromatic rings. The first-order valence-electron chi connectivity index (χ1n) is 7.11. The largest absolute Gasteiger partial charge is 0.497 e. The van der Waals surface area contributed by atoms with Gasteiger partial charge in [-0.25, -0.2) is 0 Å². The van der Waals surface area contributed by atoms with Gasteiger partial charge in [-0.2, -0.15) is 0 Å². The molecule has 3 N–H and O–H groups in total. The third-order valence-corrected chi connectivity index (χ3v) is 3.54. The molecule has 1 atom stereocenters. The second-order valence-electron chi connectivity index (χ2n) is 4.93. The second kappa shape index (κ2) is 8.23. The van der Waals surface area contributed by atoms with Crippen LogP contribution in [0, 0.1) is 10.1 Å². The van der Waals surface area contributed by atoms with Crippen molar-refractivity contribution in [2.24, 2.45) is 0 Å². The van der Waals surface area contributed by atoms with Crippen molar-refractivity contribution in [1.82, 2.24) is 5.32 Å². The first kappa shape index (κ1) is 17.6. The maximum absolute atomic E-state index is 10.6. The Labute approximate surface area is 144 Å². The molecule has 2 rings (SSSR count). The lowest BCUT2D eigenvalue weighted by Crippen LogP contribution is -2.32. The highest BCUT2D eigenvalue weighted by molar-refractivity contribution is 7.80. The molecule has 0 aliphatic rings. The molecule has 0 aromatic heterocycles. The zero-order valence-electron chi connectivity index (χ0n) is 12.9. The predicted molar refractivity (Wildman–Crippen MR) is 95.3 cm³/mol. The van der Waals surface area contributed by atoms with Crippen molar-refractivity contribution >= 4 is 28.7 Å². The third-order valence-electron chi connectivity index (χ3n) is 3.29. The van der Waals surface area contributed by atoms with E-state index in [9.17, 15) is 15.2 Å². The van der Waals surface area contributed by atoms with Crippen molar-refractivity contribution < 1.29 is 14.8 Å². The number of nitrogens with one attached hydrogen (secondary N) is 2. The number of nitro benzene ring substituents is 1. The van der Waals surface area contributed by atoms with Gasteiger partial charge in [0, 0.05) is 24.4 Å².